The number of carbonyl (C=O) groups excluding carboxylic acids is 2. The average molecular weight is 359 g/mol. The lowest BCUT2D eigenvalue weighted by Crippen LogP contribution is -2.42. The van der Waals surface area contributed by atoms with Crippen LogP contribution in [-0.2, 0) is 24.7 Å². The van der Waals surface area contributed by atoms with Gasteiger partial charge in [0.1, 0.15) is 11.4 Å². The van der Waals surface area contributed by atoms with Crippen LogP contribution in [0.4, 0.5) is 4.79 Å². The van der Waals surface area contributed by atoms with E-state index in [2.05, 4.69) is 21.8 Å². The number of likely N-dealkylation sites (tertiary alicyclic amines) is 1. The Morgan fingerprint density at radius 2 is 1.92 bits per heavy atom. The number of rotatable bonds is 4. The lowest BCUT2D eigenvalue weighted by Gasteiger charge is -2.26. The van der Waals surface area contributed by atoms with Gasteiger partial charge in [-0.2, -0.15) is 0 Å². The first-order chi connectivity index (χ1) is 12.4. The summed E-state index contributed by atoms with van der Waals surface area (Å²) in [5, 5.41) is 2.76. The van der Waals surface area contributed by atoms with Crippen LogP contribution in [0.25, 0.3) is 0 Å². The van der Waals surface area contributed by atoms with E-state index >= 15 is 0 Å². The van der Waals surface area contributed by atoms with E-state index in [0.717, 1.165) is 38.1 Å². The summed E-state index contributed by atoms with van der Waals surface area (Å²) in [4.78, 5) is 33.2. The summed E-state index contributed by atoms with van der Waals surface area (Å²) >= 11 is 0. The molecule has 0 aromatic carbocycles. The third-order valence-electron chi connectivity index (χ3n) is 6.13. The number of imide groups is 1. The molecule has 2 fully saturated rings. The molecule has 1 atom stereocenters. The minimum absolute atomic E-state index is 0.134. The monoisotopic (exact) mass is 359 g/mol. The number of aryl methyl sites for hydroxylation is 1. The van der Waals surface area contributed by atoms with Crippen molar-refractivity contribution in [3.63, 3.8) is 0 Å². The molecular formula is C19H29N5O2. The number of fused-ring (bicyclic) bond motifs is 1. The molecule has 142 valence electrons. The summed E-state index contributed by atoms with van der Waals surface area (Å²) in [6.07, 6.45) is 6.93. The predicted octanol–water partition coefficient (Wildman–Crippen LogP) is 1.77. The molecule has 2 saturated heterocycles. The molecule has 3 amide bonds. The maximum Gasteiger partial charge on any atom is 0.325 e. The fourth-order valence-corrected chi connectivity index (χ4v) is 4.64. The molecule has 2 aliphatic heterocycles. The normalized spacial score (nSPS) is 25.7. The molecule has 4 rings (SSSR count). The van der Waals surface area contributed by atoms with E-state index in [4.69, 9.17) is 4.98 Å². The highest BCUT2D eigenvalue weighted by molar-refractivity contribution is 6.06. The predicted molar refractivity (Wildman–Crippen MR) is 97.7 cm³/mol. The number of carbonyl (C=O) groups is 2. The van der Waals surface area contributed by atoms with Crippen LogP contribution in [-0.4, -0.2) is 56.5 Å². The summed E-state index contributed by atoms with van der Waals surface area (Å²) in [6, 6.07) is 0.0163. The lowest BCUT2D eigenvalue weighted by atomic mass is 10.0. The van der Waals surface area contributed by atoms with Crippen LogP contribution in [0.1, 0.15) is 62.8 Å². The smallest absolute Gasteiger partial charge is 0.325 e. The number of nitrogens with zero attached hydrogens (tertiary/aromatic N) is 4. The number of nitrogens with one attached hydrogen (secondary N) is 1. The van der Waals surface area contributed by atoms with Gasteiger partial charge in [0.25, 0.3) is 5.91 Å². The molecule has 1 aliphatic carbocycles. The van der Waals surface area contributed by atoms with Crippen LogP contribution in [0.3, 0.4) is 0 Å². The van der Waals surface area contributed by atoms with Gasteiger partial charge >= 0.3 is 6.03 Å². The molecule has 26 heavy (non-hydrogen) atoms. The van der Waals surface area contributed by atoms with Crippen LogP contribution in [0, 0.1) is 0 Å². The van der Waals surface area contributed by atoms with Gasteiger partial charge in [-0.25, -0.2) is 9.78 Å². The Kier molecular flexibility index (Phi) is 4.29. The van der Waals surface area contributed by atoms with Crippen LogP contribution >= 0.6 is 0 Å². The number of imidazole rings is 1. The quantitative estimate of drug-likeness (QED) is 0.832. The van der Waals surface area contributed by atoms with E-state index < -0.39 is 5.54 Å². The highest BCUT2D eigenvalue weighted by atomic mass is 16.2. The zero-order valence-electron chi connectivity index (χ0n) is 16.0. The van der Waals surface area contributed by atoms with Gasteiger partial charge in [0.2, 0.25) is 0 Å². The van der Waals surface area contributed by atoms with E-state index in [1.165, 1.54) is 29.1 Å². The Morgan fingerprint density at radius 3 is 2.62 bits per heavy atom. The summed E-state index contributed by atoms with van der Waals surface area (Å²) in [5.41, 5.74) is 1.88. The second-order valence-electron chi connectivity index (χ2n) is 8.34. The Hall–Kier alpha value is -1.89. The zero-order chi connectivity index (χ0) is 18.5. The highest BCUT2D eigenvalue weighted by Gasteiger charge is 2.44. The van der Waals surface area contributed by atoms with E-state index in [0.29, 0.717) is 19.1 Å². The zero-order valence-corrected chi connectivity index (χ0v) is 16.0. The summed E-state index contributed by atoms with van der Waals surface area (Å²) in [6.45, 7) is 5.65. The highest BCUT2D eigenvalue weighted by Crippen LogP contribution is 2.33. The van der Waals surface area contributed by atoms with Crippen molar-refractivity contribution in [2.45, 2.75) is 64.0 Å². The summed E-state index contributed by atoms with van der Waals surface area (Å²) in [7, 11) is 2.14. The molecule has 1 aromatic heterocycles. The molecule has 7 heteroatoms. The standard InChI is InChI=1S/C19H29N5O2/c1-19(2)17(25)24(18(26)21-19)12-11-23-10-6-9-15(23)16-20-13-7-4-5-8-14(13)22(16)3/h15H,4-12H2,1-3H3,(H,21,26)/t15-/m0/s1. The van der Waals surface area contributed by atoms with Crippen molar-refractivity contribution < 1.29 is 9.59 Å². The van der Waals surface area contributed by atoms with Crippen molar-refractivity contribution in [3.8, 4) is 0 Å². The molecule has 0 radical (unpaired) electrons. The molecule has 0 saturated carbocycles. The molecule has 1 aromatic rings. The van der Waals surface area contributed by atoms with Crippen molar-refractivity contribution >= 4 is 11.9 Å². The van der Waals surface area contributed by atoms with Gasteiger partial charge in [0, 0.05) is 25.8 Å². The summed E-state index contributed by atoms with van der Waals surface area (Å²) in [5.74, 6) is 1.03. The van der Waals surface area contributed by atoms with E-state index in [9.17, 15) is 9.59 Å². The largest absolute Gasteiger partial charge is 0.334 e. The van der Waals surface area contributed by atoms with Crippen LogP contribution < -0.4 is 5.32 Å². The van der Waals surface area contributed by atoms with E-state index in [1.54, 1.807) is 13.8 Å². The number of hydrogen-bond acceptors (Lipinski definition) is 4. The lowest BCUT2D eigenvalue weighted by molar-refractivity contribution is -0.130. The Labute approximate surface area is 154 Å². The van der Waals surface area contributed by atoms with E-state index in [-0.39, 0.29) is 11.9 Å². The maximum absolute atomic E-state index is 12.4. The maximum atomic E-state index is 12.4. The first-order valence-electron chi connectivity index (χ1n) is 9.81. The number of amides is 3. The third kappa shape index (κ3) is 2.82. The second kappa shape index (κ2) is 6.37. The first-order valence-corrected chi connectivity index (χ1v) is 9.81. The SMILES string of the molecule is Cn1c([C@@H]2CCCN2CCN2C(=O)NC(C)(C)C2=O)nc2c1CCCC2. The van der Waals surface area contributed by atoms with Gasteiger partial charge in [-0.3, -0.25) is 14.6 Å². The third-order valence-corrected chi connectivity index (χ3v) is 6.13. The fraction of sp³-hybridized carbons (Fsp3) is 0.737. The van der Waals surface area contributed by atoms with Crippen molar-refractivity contribution in [1.29, 1.82) is 0 Å². The molecule has 3 heterocycles. The molecule has 1 N–H and O–H groups in total. The minimum atomic E-state index is -0.791. The van der Waals surface area contributed by atoms with E-state index in [1.807, 2.05) is 0 Å². The van der Waals surface area contributed by atoms with Crippen molar-refractivity contribution in [2.24, 2.45) is 7.05 Å². The topological polar surface area (TPSA) is 70.5 Å². The van der Waals surface area contributed by atoms with Crippen LogP contribution in [0.5, 0.6) is 0 Å². The Morgan fingerprint density at radius 1 is 1.15 bits per heavy atom. The van der Waals surface area contributed by atoms with Gasteiger partial charge in [0.15, 0.2) is 0 Å². The fourth-order valence-electron chi connectivity index (χ4n) is 4.64. The molecule has 0 spiro atoms. The van der Waals surface area contributed by atoms with Gasteiger partial charge in [-0.05, 0) is 58.9 Å². The molecule has 3 aliphatic rings. The Balaban J connectivity index is 1.47. The average Bonchev–Trinajstić information content (AvgIpc) is 3.23. The van der Waals surface area contributed by atoms with Gasteiger partial charge in [0.05, 0.1) is 11.7 Å². The van der Waals surface area contributed by atoms with Gasteiger partial charge in [-0.15, -0.1) is 0 Å². The van der Waals surface area contributed by atoms with Crippen molar-refractivity contribution in [1.82, 2.24) is 24.7 Å². The molecule has 0 unspecified atom stereocenters. The Bertz CT molecular complexity index is 739. The van der Waals surface area contributed by atoms with Crippen molar-refractivity contribution in [2.75, 3.05) is 19.6 Å². The molecular weight excluding hydrogens is 330 g/mol. The minimum Gasteiger partial charge on any atom is -0.334 e. The second-order valence-corrected chi connectivity index (χ2v) is 8.34. The number of hydrogen-bond donors (Lipinski definition) is 1. The van der Waals surface area contributed by atoms with Crippen LogP contribution in [0.2, 0.25) is 0 Å². The molecule has 0 bridgehead atoms. The number of urea groups is 1. The number of aromatic nitrogens is 2. The van der Waals surface area contributed by atoms with Crippen molar-refractivity contribution in [3.05, 3.63) is 17.2 Å². The summed E-state index contributed by atoms with van der Waals surface area (Å²) < 4.78 is 2.30. The molecule has 7 nitrogen and oxygen atoms in total. The van der Waals surface area contributed by atoms with Gasteiger partial charge in [-0.1, -0.05) is 0 Å². The van der Waals surface area contributed by atoms with Gasteiger partial charge < -0.3 is 9.88 Å². The van der Waals surface area contributed by atoms with Crippen LogP contribution in [0.15, 0.2) is 0 Å². The first kappa shape index (κ1) is 17.5.